The molecular weight excluding hydrogens is 501 g/mol. The molecule has 0 radical (unpaired) electrons. The van der Waals surface area contributed by atoms with E-state index >= 15 is 0 Å². The second kappa shape index (κ2) is 10.5. The van der Waals surface area contributed by atoms with Crippen molar-refractivity contribution in [2.24, 2.45) is 0 Å². The first kappa shape index (κ1) is 26.0. The minimum atomic E-state index is -4.53. The highest BCUT2D eigenvalue weighted by molar-refractivity contribution is 7.96. The van der Waals surface area contributed by atoms with Gasteiger partial charge in [0.25, 0.3) is 0 Å². The molecule has 4 rings (SSSR count). The Kier molecular flexibility index (Phi) is 7.77. The van der Waals surface area contributed by atoms with E-state index < -0.39 is 12.0 Å². The van der Waals surface area contributed by atoms with Gasteiger partial charge in [-0.2, -0.15) is 23.1 Å². The number of aryl methyl sites for hydroxylation is 1. The van der Waals surface area contributed by atoms with Crippen LogP contribution >= 0.6 is 23.4 Å². The summed E-state index contributed by atoms with van der Waals surface area (Å²) >= 11 is 3.02. The Morgan fingerprint density at radius 2 is 1.91 bits per heavy atom. The number of alkyl halides is 3. The maximum Gasteiger partial charge on any atom is 0.451 e. The summed E-state index contributed by atoms with van der Waals surface area (Å²) in [4.78, 5) is 13.2. The summed E-state index contributed by atoms with van der Waals surface area (Å²) < 4.78 is 52.3. The zero-order valence-electron chi connectivity index (χ0n) is 20.2. The highest BCUT2D eigenvalue weighted by Gasteiger charge is 2.39. The second-order valence-corrected chi connectivity index (χ2v) is 12.0. The summed E-state index contributed by atoms with van der Waals surface area (Å²) in [6.45, 7) is 9.93. The Hall–Kier alpha value is -2.12. The monoisotopic (exact) mass is 530 g/mol. The largest absolute Gasteiger partial charge is 0.463 e. The van der Waals surface area contributed by atoms with Crippen molar-refractivity contribution in [3.8, 4) is 6.01 Å². The minimum absolute atomic E-state index is 0.0266. The zero-order chi connectivity index (χ0) is 25.2. The van der Waals surface area contributed by atoms with E-state index in [2.05, 4.69) is 53.9 Å². The molecule has 0 unspecified atom stereocenters. The van der Waals surface area contributed by atoms with E-state index in [4.69, 9.17) is 8.92 Å². The molecule has 0 amide bonds. The molecule has 3 aromatic heterocycles. The number of hydrogen-bond donors (Lipinski definition) is 0. The fourth-order valence-corrected chi connectivity index (χ4v) is 5.33. The van der Waals surface area contributed by atoms with Gasteiger partial charge in [-0.15, -0.1) is 21.5 Å². The standard InChI is InChI=1S/C22H29F3N6O2S2/c1-5-7-14-12-15-17(30-8-9-31-16(13-30)28-29-19(31)22(23,24)25)26-20(27-18(15)34-14)32-10-6-11-33-35-21(2,3)4/h12H,5-11,13H2,1-4H3. The van der Waals surface area contributed by atoms with Crippen LogP contribution in [-0.4, -0.2) is 49.2 Å². The Labute approximate surface area is 210 Å². The third kappa shape index (κ3) is 6.36. The fourth-order valence-electron chi connectivity index (χ4n) is 3.66. The maximum atomic E-state index is 13.2. The van der Waals surface area contributed by atoms with Crippen LogP contribution in [-0.2, 0) is 29.9 Å². The van der Waals surface area contributed by atoms with Gasteiger partial charge in [0, 0.05) is 29.1 Å². The first-order valence-electron chi connectivity index (χ1n) is 11.5. The third-order valence-corrected chi connectivity index (χ3v) is 6.99. The molecule has 0 N–H and O–H groups in total. The average Bonchev–Trinajstić information content (AvgIpc) is 3.38. The van der Waals surface area contributed by atoms with Crippen LogP contribution in [0.15, 0.2) is 6.07 Å². The lowest BCUT2D eigenvalue weighted by Gasteiger charge is -2.29. The first-order valence-corrected chi connectivity index (χ1v) is 13.1. The molecule has 0 aliphatic carbocycles. The van der Waals surface area contributed by atoms with Crippen molar-refractivity contribution in [3.05, 3.63) is 22.6 Å². The molecule has 35 heavy (non-hydrogen) atoms. The van der Waals surface area contributed by atoms with Crippen LogP contribution in [0.4, 0.5) is 19.0 Å². The predicted molar refractivity (Wildman–Crippen MR) is 131 cm³/mol. The molecule has 0 spiro atoms. The Morgan fingerprint density at radius 3 is 2.63 bits per heavy atom. The van der Waals surface area contributed by atoms with Gasteiger partial charge >= 0.3 is 12.2 Å². The molecule has 0 atom stereocenters. The van der Waals surface area contributed by atoms with E-state index in [0.29, 0.717) is 32.0 Å². The molecule has 0 bridgehead atoms. The van der Waals surface area contributed by atoms with E-state index in [9.17, 15) is 13.2 Å². The molecule has 192 valence electrons. The molecule has 1 aliphatic heterocycles. The normalized spacial score (nSPS) is 14.5. The summed E-state index contributed by atoms with van der Waals surface area (Å²) in [7, 11) is 0. The van der Waals surface area contributed by atoms with E-state index in [1.807, 2.05) is 4.90 Å². The van der Waals surface area contributed by atoms with E-state index in [1.165, 1.54) is 16.9 Å². The lowest BCUT2D eigenvalue weighted by Crippen LogP contribution is -2.36. The molecular formula is C22H29F3N6O2S2. The third-order valence-electron chi connectivity index (χ3n) is 5.12. The van der Waals surface area contributed by atoms with Crippen LogP contribution in [0, 0.1) is 0 Å². The number of fused-ring (bicyclic) bond motifs is 2. The summed E-state index contributed by atoms with van der Waals surface area (Å²) in [5, 5.41) is 8.05. The molecule has 8 nitrogen and oxygen atoms in total. The van der Waals surface area contributed by atoms with Crippen molar-refractivity contribution in [1.82, 2.24) is 24.7 Å². The van der Waals surface area contributed by atoms with Crippen LogP contribution in [0.3, 0.4) is 0 Å². The summed E-state index contributed by atoms with van der Waals surface area (Å²) in [5.74, 6) is -0.0575. The molecule has 4 heterocycles. The topological polar surface area (TPSA) is 78.2 Å². The molecule has 1 aliphatic rings. The van der Waals surface area contributed by atoms with Gasteiger partial charge in [0.05, 0.1) is 25.1 Å². The van der Waals surface area contributed by atoms with Crippen LogP contribution in [0.5, 0.6) is 6.01 Å². The van der Waals surface area contributed by atoms with Crippen molar-refractivity contribution in [1.29, 1.82) is 0 Å². The van der Waals surface area contributed by atoms with Gasteiger partial charge in [0.1, 0.15) is 10.6 Å². The number of halogens is 3. The van der Waals surface area contributed by atoms with Crippen LogP contribution in [0.25, 0.3) is 10.2 Å². The molecule has 0 saturated carbocycles. The molecule has 0 fully saturated rings. The zero-order valence-corrected chi connectivity index (χ0v) is 21.8. The first-order chi connectivity index (χ1) is 16.5. The van der Waals surface area contributed by atoms with Crippen LogP contribution < -0.4 is 9.64 Å². The Balaban J connectivity index is 1.53. The van der Waals surface area contributed by atoms with Gasteiger partial charge < -0.3 is 18.4 Å². The van der Waals surface area contributed by atoms with Crippen molar-refractivity contribution >= 4 is 39.4 Å². The van der Waals surface area contributed by atoms with Gasteiger partial charge in [-0.25, -0.2) is 0 Å². The Bertz CT molecular complexity index is 1160. The molecule has 13 heteroatoms. The van der Waals surface area contributed by atoms with E-state index in [-0.39, 0.29) is 29.7 Å². The average molecular weight is 531 g/mol. The van der Waals surface area contributed by atoms with Crippen molar-refractivity contribution in [2.75, 3.05) is 24.7 Å². The predicted octanol–water partition coefficient (Wildman–Crippen LogP) is 5.51. The van der Waals surface area contributed by atoms with E-state index in [0.717, 1.165) is 27.6 Å². The number of thiophene rings is 1. The van der Waals surface area contributed by atoms with Gasteiger partial charge in [-0.3, -0.25) is 0 Å². The maximum absolute atomic E-state index is 13.2. The highest BCUT2D eigenvalue weighted by Crippen LogP contribution is 2.36. The van der Waals surface area contributed by atoms with E-state index in [1.54, 1.807) is 11.3 Å². The van der Waals surface area contributed by atoms with Crippen LogP contribution in [0.1, 0.15) is 57.1 Å². The number of rotatable bonds is 9. The van der Waals surface area contributed by atoms with Gasteiger partial charge in [0.2, 0.25) is 5.82 Å². The van der Waals surface area contributed by atoms with Gasteiger partial charge in [-0.05, 0) is 45.3 Å². The molecule has 0 saturated heterocycles. The van der Waals surface area contributed by atoms with Gasteiger partial charge in [0.15, 0.2) is 5.82 Å². The van der Waals surface area contributed by atoms with Crippen molar-refractivity contribution in [2.45, 2.75) is 71.0 Å². The van der Waals surface area contributed by atoms with Crippen LogP contribution in [0.2, 0.25) is 0 Å². The molecule has 3 aromatic rings. The van der Waals surface area contributed by atoms with Crippen molar-refractivity contribution < 1.29 is 22.1 Å². The number of ether oxygens (including phenoxy) is 1. The fraction of sp³-hybridized carbons (Fsp3) is 0.636. The quantitative estimate of drug-likeness (QED) is 0.265. The smallest absolute Gasteiger partial charge is 0.451 e. The summed E-state index contributed by atoms with van der Waals surface area (Å²) in [6.07, 6.45) is -1.94. The minimum Gasteiger partial charge on any atom is -0.463 e. The number of anilines is 1. The summed E-state index contributed by atoms with van der Waals surface area (Å²) in [5.41, 5.74) is 0. The number of nitrogens with zero attached hydrogens (tertiary/aromatic N) is 6. The SMILES string of the molecule is CCCc1cc2c(N3CCn4c(nnc4C(F)(F)F)C3)nc(OCCCOSC(C)(C)C)nc2s1. The summed E-state index contributed by atoms with van der Waals surface area (Å²) in [6, 6.07) is 2.32. The van der Waals surface area contributed by atoms with Gasteiger partial charge in [-0.1, -0.05) is 13.3 Å². The second-order valence-electron chi connectivity index (χ2n) is 9.24. The lowest BCUT2D eigenvalue weighted by atomic mass is 10.2. The highest BCUT2D eigenvalue weighted by atomic mass is 32.2. The molecule has 0 aromatic carbocycles. The lowest BCUT2D eigenvalue weighted by molar-refractivity contribution is -0.147. The number of aromatic nitrogens is 5. The Morgan fingerprint density at radius 1 is 1.11 bits per heavy atom. The number of hydrogen-bond acceptors (Lipinski definition) is 9. The van der Waals surface area contributed by atoms with Crippen molar-refractivity contribution in [3.63, 3.8) is 0 Å².